The van der Waals surface area contributed by atoms with Gasteiger partial charge in [-0.15, -0.1) is 0 Å². The second-order valence-corrected chi connectivity index (χ2v) is 6.72. The van der Waals surface area contributed by atoms with Crippen molar-refractivity contribution in [2.75, 3.05) is 13.2 Å². The fourth-order valence-electron chi connectivity index (χ4n) is 2.26. The highest BCUT2D eigenvalue weighted by Gasteiger charge is 2.22. The Morgan fingerprint density at radius 1 is 1.19 bits per heavy atom. The molecule has 138 valence electrons. The number of carbonyl (C=O) groups excluding carboxylic acids is 2. The van der Waals surface area contributed by atoms with Gasteiger partial charge < -0.3 is 14.8 Å². The summed E-state index contributed by atoms with van der Waals surface area (Å²) in [5, 5.41) is 3.23. The number of benzene rings is 2. The van der Waals surface area contributed by atoms with Crippen LogP contribution < -0.4 is 10.1 Å². The van der Waals surface area contributed by atoms with Gasteiger partial charge in [0, 0.05) is 11.4 Å². The zero-order chi connectivity index (χ0) is 18.9. The van der Waals surface area contributed by atoms with Gasteiger partial charge in [0.25, 0.3) is 5.91 Å². The quantitative estimate of drug-likeness (QED) is 0.635. The van der Waals surface area contributed by atoms with E-state index in [1.165, 1.54) is 0 Å². The molecule has 26 heavy (non-hydrogen) atoms. The van der Waals surface area contributed by atoms with E-state index in [1.54, 1.807) is 25.1 Å². The lowest BCUT2D eigenvalue weighted by molar-refractivity contribution is -0.147. The van der Waals surface area contributed by atoms with Crippen molar-refractivity contribution in [3.63, 3.8) is 0 Å². The standard InChI is InChI=1S/C19H19BrClNO4/c1-2-25-19(24)16(10-13-6-4-3-5-7-13)22-18(23)12-26-17-9-8-14(21)11-15(17)20/h3-9,11,16H,2,10,12H2,1H3,(H,22,23). The summed E-state index contributed by atoms with van der Waals surface area (Å²) in [5.74, 6) is -0.404. The van der Waals surface area contributed by atoms with Gasteiger partial charge in [-0.05, 0) is 46.6 Å². The Hall–Kier alpha value is -2.05. The zero-order valence-corrected chi connectivity index (χ0v) is 16.5. The molecule has 0 saturated heterocycles. The summed E-state index contributed by atoms with van der Waals surface area (Å²) in [6.45, 7) is 1.74. The summed E-state index contributed by atoms with van der Waals surface area (Å²) in [4.78, 5) is 24.4. The lowest BCUT2D eigenvalue weighted by Gasteiger charge is -2.18. The van der Waals surface area contributed by atoms with Crippen molar-refractivity contribution in [1.29, 1.82) is 0 Å². The number of nitrogens with one attached hydrogen (secondary N) is 1. The summed E-state index contributed by atoms with van der Waals surface area (Å²) >= 11 is 9.19. The first kappa shape index (κ1) is 20.3. The molecule has 2 aromatic carbocycles. The van der Waals surface area contributed by atoms with Crippen LogP contribution in [0.15, 0.2) is 53.0 Å². The molecule has 0 aliphatic carbocycles. The predicted molar refractivity (Wildman–Crippen MR) is 103 cm³/mol. The predicted octanol–water partition coefficient (Wildman–Crippen LogP) is 3.77. The van der Waals surface area contributed by atoms with E-state index < -0.39 is 17.9 Å². The van der Waals surface area contributed by atoms with Gasteiger partial charge in [-0.2, -0.15) is 0 Å². The Labute approximate surface area is 165 Å². The molecule has 1 N–H and O–H groups in total. The SMILES string of the molecule is CCOC(=O)C(Cc1ccccc1)NC(=O)COc1ccc(Cl)cc1Br. The van der Waals surface area contributed by atoms with Crippen LogP contribution in [0.5, 0.6) is 5.75 Å². The Kier molecular flexibility index (Phi) is 7.94. The van der Waals surface area contributed by atoms with E-state index in [-0.39, 0.29) is 13.2 Å². The average Bonchev–Trinajstić information content (AvgIpc) is 2.61. The van der Waals surface area contributed by atoms with E-state index in [2.05, 4.69) is 21.2 Å². The van der Waals surface area contributed by atoms with E-state index in [0.717, 1.165) is 5.56 Å². The molecular formula is C19H19BrClNO4. The minimum Gasteiger partial charge on any atom is -0.483 e. The number of hydrogen-bond donors (Lipinski definition) is 1. The molecule has 0 aliphatic rings. The maximum atomic E-state index is 12.2. The summed E-state index contributed by atoms with van der Waals surface area (Å²) < 4.78 is 11.2. The summed E-state index contributed by atoms with van der Waals surface area (Å²) in [6, 6.07) is 13.6. The number of carbonyl (C=O) groups is 2. The topological polar surface area (TPSA) is 64.6 Å². The minimum absolute atomic E-state index is 0.231. The van der Waals surface area contributed by atoms with Crippen molar-refractivity contribution in [1.82, 2.24) is 5.32 Å². The molecule has 2 aromatic rings. The monoisotopic (exact) mass is 439 g/mol. The Morgan fingerprint density at radius 2 is 1.92 bits per heavy atom. The highest BCUT2D eigenvalue weighted by Crippen LogP contribution is 2.27. The van der Waals surface area contributed by atoms with Gasteiger partial charge in [-0.3, -0.25) is 4.79 Å². The molecule has 0 heterocycles. The molecule has 2 rings (SSSR count). The van der Waals surface area contributed by atoms with E-state index in [4.69, 9.17) is 21.1 Å². The molecule has 0 fully saturated rings. The second-order valence-electron chi connectivity index (χ2n) is 5.43. The molecule has 0 radical (unpaired) electrons. The van der Waals surface area contributed by atoms with Crippen molar-refractivity contribution in [3.8, 4) is 5.75 Å². The van der Waals surface area contributed by atoms with Gasteiger partial charge in [-0.25, -0.2) is 4.79 Å². The van der Waals surface area contributed by atoms with Crippen molar-refractivity contribution < 1.29 is 19.1 Å². The van der Waals surface area contributed by atoms with Crippen LogP contribution in [0.1, 0.15) is 12.5 Å². The fourth-order valence-corrected chi connectivity index (χ4v) is 3.05. The van der Waals surface area contributed by atoms with Gasteiger partial charge >= 0.3 is 5.97 Å². The maximum Gasteiger partial charge on any atom is 0.328 e. The van der Waals surface area contributed by atoms with E-state index >= 15 is 0 Å². The number of ether oxygens (including phenoxy) is 2. The molecule has 1 atom stereocenters. The molecule has 0 bridgehead atoms. The number of halogens is 2. The number of hydrogen-bond acceptors (Lipinski definition) is 4. The number of esters is 1. The third-order valence-corrected chi connectivity index (χ3v) is 4.30. The Morgan fingerprint density at radius 3 is 2.58 bits per heavy atom. The molecule has 1 unspecified atom stereocenters. The average molecular weight is 441 g/mol. The highest BCUT2D eigenvalue weighted by molar-refractivity contribution is 9.10. The van der Waals surface area contributed by atoms with Crippen LogP contribution in [0, 0.1) is 0 Å². The fraction of sp³-hybridized carbons (Fsp3) is 0.263. The Balaban J connectivity index is 1.97. The van der Waals surface area contributed by atoms with Crippen LogP contribution in [-0.2, 0) is 20.7 Å². The molecular weight excluding hydrogens is 422 g/mol. The molecule has 1 amide bonds. The van der Waals surface area contributed by atoms with Crippen molar-refractivity contribution in [2.24, 2.45) is 0 Å². The molecule has 5 nitrogen and oxygen atoms in total. The van der Waals surface area contributed by atoms with E-state index in [0.29, 0.717) is 21.7 Å². The zero-order valence-electron chi connectivity index (χ0n) is 14.2. The first-order valence-corrected chi connectivity index (χ1v) is 9.24. The highest BCUT2D eigenvalue weighted by atomic mass is 79.9. The molecule has 0 spiro atoms. The van der Waals surface area contributed by atoms with Gasteiger partial charge in [0.15, 0.2) is 6.61 Å². The van der Waals surface area contributed by atoms with Crippen molar-refractivity contribution in [2.45, 2.75) is 19.4 Å². The van der Waals surface area contributed by atoms with Crippen LogP contribution in [0.4, 0.5) is 0 Å². The molecule has 0 saturated carbocycles. The van der Waals surface area contributed by atoms with Crippen LogP contribution in [0.2, 0.25) is 5.02 Å². The van der Waals surface area contributed by atoms with Crippen LogP contribution in [-0.4, -0.2) is 31.1 Å². The van der Waals surface area contributed by atoms with Gasteiger partial charge in [0.05, 0.1) is 11.1 Å². The summed E-state index contributed by atoms with van der Waals surface area (Å²) in [5.41, 5.74) is 0.923. The van der Waals surface area contributed by atoms with Crippen molar-refractivity contribution >= 4 is 39.4 Å². The third kappa shape index (κ3) is 6.35. The first-order chi connectivity index (χ1) is 12.5. The molecule has 0 aliphatic heterocycles. The maximum absolute atomic E-state index is 12.2. The van der Waals surface area contributed by atoms with Gasteiger partial charge in [-0.1, -0.05) is 41.9 Å². The normalized spacial score (nSPS) is 11.5. The lowest BCUT2D eigenvalue weighted by atomic mass is 10.1. The summed E-state index contributed by atoms with van der Waals surface area (Å²) in [7, 11) is 0. The van der Waals surface area contributed by atoms with Crippen LogP contribution >= 0.6 is 27.5 Å². The van der Waals surface area contributed by atoms with Gasteiger partial charge in [0.1, 0.15) is 11.8 Å². The van der Waals surface area contributed by atoms with Crippen LogP contribution in [0.3, 0.4) is 0 Å². The minimum atomic E-state index is -0.776. The smallest absolute Gasteiger partial charge is 0.328 e. The molecule has 0 aromatic heterocycles. The lowest BCUT2D eigenvalue weighted by Crippen LogP contribution is -2.45. The Bertz CT molecular complexity index is 754. The summed E-state index contributed by atoms with van der Waals surface area (Å²) in [6.07, 6.45) is 0.343. The van der Waals surface area contributed by atoms with Gasteiger partial charge in [0.2, 0.25) is 0 Å². The van der Waals surface area contributed by atoms with Crippen LogP contribution in [0.25, 0.3) is 0 Å². The number of amides is 1. The molecule has 7 heteroatoms. The van der Waals surface area contributed by atoms with E-state index in [9.17, 15) is 9.59 Å². The van der Waals surface area contributed by atoms with E-state index in [1.807, 2.05) is 30.3 Å². The second kappa shape index (κ2) is 10.2. The number of rotatable bonds is 8. The largest absolute Gasteiger partial charge is 0.483 e. The first-order valence-electron chi connectivity index (χ1n) is 8.07. The van der Waals surface area contributed by atoms with Crippen molar-refractivity contribution in [3.05, 3.63) is 63.6 Å². The third-order valence-electron chi connectivity index (χ3n) is 3.44.